The molecule has 0 aliphatic heterocycles. The van der Waals surface area contributed by atoms with E-state index in [1.807, 2.05) is 36.4 Å². The normalized spacial score (nSPS) is 11.4. The highest BCUT2D eigenvalue weighted by Crippen LogP contribution is 2.31. The van der Waals surface area contributed by atoms with Crippen LogP contribution in [0.1, 0.15) is 24.2 Å². The van der Waals surface area contributed by atoms with E-state index in [0.717, 1.165) is 22.9 Å². The third-order valence-corrected chi connectivity index (χ3v) is 3.69. The fourth-order valence-electron chi connectivity index (χ4n) is 2.63. The number of nitrogens with one attached hydrogen (secondary N) is 1. The second-order valence-corrected chi connectivity index (χ2v) is 6.01. The van der Waals surface area contributed by atoms with Crippen LogP contribution in [0, 0.1) is 5.92 Å². The van der Waals surface area contributed by atoms with Crippen molar-refractivity contribution in [1.82, 2.24) is 5.32 Å². The molecule has 0 spiro atoms. The summed E-state index contributed by atoms with van der Waals surface area (Å²) in [7, 11) is 0. The second-order valence-electron chi connectivity index (χ2n) is 6.01. The molecule has 1 aromatic heterocycles. The molecule has 0 amide bonds. The van der Waals surface area contributed by atoms with Gasteiger partial charge in [0, 0.05) is 17.3 Å². The zero-order valence-electron chi connectivity index (χ0n) is 13.5. The van der Waals surface area contributed by atoms with Crippen LogP contribution in [0.2, 0.25) is 0 Å². The van der Waals surface area contributed by atoms with E-state index in [9.17, 15) is 4.79 Å². The van der Waals surface area contributed by atoms with Gasteiger partial charge in [-0.25, -0.2) is 4.79 Å². The molecule has 0 saturated carbocycles. The predicted octanol–water partition coefficient (Wildman–Crippen LogP) is 3.99. The van der Waals surface area contributed by atoms with Crippen LogP contribution >= 0.6 is 0 Å². The summed E-state index contributed by atoms with van der Waals surface area (Å²) in [5.41, 5.74) is 2.04. The molecule has 1 N–H and O–H groups in total. The van der Waals surface area contributed by atoms with Crippen molar-refractivity contribution in [3.63, 3.8) is 0 Å². The van der Waals surface area contributed by atoms with E-state index in [4.69, 9.17) is 9.15 Å². The Bertz CT molecular complexity index is 820. The van der Waals surface area contributed by atoms with Crippen LogP contribution < -0.4 is 5.32 Å². The summed E-state index contributed by atoms with van der Waals surface area (Å²) in [6.45, 7) is 6.22. The van der Waals surface area contributed by atoms with Gasteiger partial charge in [0.2, 0.25) is 0 Å². The van der Waals surface area contributed by atoms with Gasteiger partial charge in [-0.1, -0.05) is 38.1 Å². The van der Waals surface area contributed by atoms with Gasteiger partial charge in [-0.3, -0.25) is 0 Å². The zero-order chi connectivity index (χ0) is 16.2. The second kappa shape index (κ2) is 6.84. The topological polar surface area (TPSA) is 51.5 Å². The van der Waals surface area contributed by atoms with Gasteiger partial charge in [-0.05, 0) is 30.7 Å². The van der Waals surface area contributed by atoms with Crippen molar-refractivity contribution in [2.24, 2.45) is 5.92 Å². The lowest BCUT2D eigenvalue weighted by Gasteiger charge is -2.08. The van der Waals surface area contributed by atoms with Gasteiger partial charge in [-0.15, -0.1) is 0 Å². The van der Waals surface area contributed by atoms with Crippen molar-refractivity contribution in [3.8, 4) is 0 Å². The van der Waals surface area contributed by atoms with E-state index in [2.05, 4.69) is 19.2 Å². The number of carbonyl (C=O) groups excluding carboxylic acids is 1. The largest absolute Gasteiger partial charge is 0.461 e. The molecule has 0 fully saturated rings. The molecule has 23 heavy (non-hydrogen) atoms. The highest BCUT2D eigenvalue weighted by atomic mass is 16.5. The number of hydrogen-bond donors (Lipinski definition) is 1. The van der Waals surface area contributed by atoms with Crippen LogP contribution in [0.15, 0.2) is 46.9 Å². The van der Waals surface area contributed by atoms with Crippen molar-refractivity contribution in [1.29, 1.82) is 0 Å². The van der Waals surface area contributed by atoms with Gasteiger partial charge < -0.3 is 14.5 Å². The lowest BCUT2D eigenvalue weighted by atomic mass is 10.1. The van der Waals surface area contributed by atoms with Crippen molar-refractivity contribution in [2.75, 3.05) is 19.7 Å². The number of benzene rings is 2. The molecular formula is C19H21NO3. The average Bonchev–Trinajstić information content (AvgIpc) is 2.92. The standard InChI is InChI=1S/C19H21NO3/c1-13(2)12-20-10-11-22-19(21)15-7-5-9-17-18(15)14-6-3-4-8-16(14)23-17/h3-9,13,20H,10-12H2,1-2H3. The van der Waals surface area contributed by atoms with E-state index in [1.165, 1.54) is 0 Å². The first-order chi connectivity index (χ1) is 11.2. The third kappa shape index (κ3) is 3.37. The fourth-order valence-corrected chi connectivity index (χ4v) is 2.63. The number of esters is 1. The maximum atomic E-state index is 12.4. The molecule has 4 nitrogen and oxygen atoms in total. The first kappa shape index (κ1) is 15.6. The number of carbonyl (C=O) groups is 1. The Kier molecular flexibility index (Phi) is 4.63. The molecule has 0 saturated heterocycles. The Morgan fingerprint density at radius 1 is 1.13 bits per heavy atom. The van der Waals surface area contributed by atoms with Crippen molar-refractivity contribution >= 4 is 27.9 Å². The van der Waals surface area contributed by atoms with Crippen LogP contribution in [0.25, 0.3) is 21.9 Å². The predicted molar refractivity (Wildman–Crippen MR) is 91.7 cm³/mol. The number of furan rings is 1. The number of fused-ring (bicyclic) bond motifs is 3. The summed E-state index contributed by atoms with van der Waals surface area (Å²) < 4.78 is 11.2. The van der Waals surface area contributed by atoms with Gasteiger partial charge >= 0.3 is 5.97 Å². The van der Waals surface area contributed by atoms with Crippen LogP contribution in [0.4, 0.5) is 0 Å². The molecule has 0 radical (unpaired) electrons. The maximum Gasteiger partial charge on any atom is 0.338 e. The van der Waals surface area contributed by atoms with Crippen molar-refractivity contribution in [2.45, 2.75) is 13.8 Å². The molecule has 0 bridgehead atoms. The van der Waals surface area contributed by atoms with Gasteiger partial charge in [0.15, 0.2) is 0 Å². The van der Waals surface area contributed by atoms with E-state index in [0.29, 0.717) is 30.2 Å². The van der Waals surface area contributed by atoms with E-state index in [1.54, 1.807) is 6.07 Å². The van der Waals surface area contributed by atoms with Gasteiger partial charge in [0.1, 0.15) is 17.8 Å². The molecule has 0 unspecified atom stereocenters. The molecule has 4 heteroatoms. The molecule has 0 aliphatic carbocycles. The van der Waals surface area contributed by atoms with E-state index in [-0.39, 0.29) is 5.97 Å². The number of ether oxygens (including phenoxy) is 1. The summed E-state index contributed by atoms with van der Waals surface area (Å²) in [5, 5.41) is 5.02. The summed E-state index contributed by atoms with van der Waals surface area (Å²) in [6.07, 6.45) is 0. The number of para-hydroxylation sites is 1. The van der Waals surface area contributed by atoms with Crippen LogP contribution in [-0.2, 0) is 4.74 Å². The maximum absolute atomic E-state index is 12.4. The molecule has 2 aromatic carbocycles. The van der Waals surface area contributed by atoms with Gasteiger partial charge in [0.25, 0.3) is 0 Å². The quantitative estimate of drug-likeness (QED) is 0.552. The van der Waals surface area contributed by atoms with Crippen LogP contribution in [-0.4, -0.2) is 25.7 Å². The Labute approximate surface area is 135 Å². The van der Waals surface area contributed by atoms with E-state index < -0.39 is 0 Å². The van der Waals surface area contributed by atoms with Gasteiger partial charge in [-0.2, -0.15) is 0 Å². The summed E-state index contributed by atoms with van der Waals surface area (Å²) in [5.74, 6) is 0.269. The van der Waals surface area contributed by atoms with Crippen LogP contribution in [0.5, 0.6) is 0 Å². The minimum Gasteiger partial charge on any atom is -0.461 e. The van der Waals surface area contributed by atoms with Crippen molar-refractivity contribution in [3.05, 3.63) is 48.0 Å². The highest BCUT2D eigenvalue weighted by molar-refractivity contribution is 6.15. The summed E-state index contributed by atoms with van der Waals surface area (Å²) in [4.78, 5) is 12.4. The monoisotopic (exact) mass is 311 g/mol. The minimum atomic E-state index is -0.312. The average molecular weight is 311 g/mol. The fraction of sp³-hybridized carbons (Fsp3) is 0.316. The highest BCUT2D eigenvalue weighted by Gasteiger charge is 2.16. The zero-order valence-corrected chi connectivity index (χ0v) is 13.5. The SMILES string of the molecule is CC(C)CNCCOC(=O)c1cccc2oc3ccccc3c12. The Morgan fingerprint density at radius 3 is 2.74 bits per heavy atom. The smallest absolute Gasteiger partial charge is 0.338 e. The molecular weight excluding hydrogens is 290 g/mol. The van der Waals surface area contributed by atoms with Crippen molar-refractivity contribution < 1.29 is 13.9 Å². The first-order valence-corrected chi connectivity index (χ1v) is 7.95. The number of rotatable bonds is 6. The lowest BCUT2D eigenvalue weighted by Crippen LogP contribution is -2.25. The molecule has 1 heterocycles. The summed E-state index contributed by atoms with van der Waals surface area (Å²) >= 11 is 0. The number of hydrogen-bond acceptors (Lipinski definition) is 4. The molecule has 0 aliphatic rings. The molecule has 3 rings (SSSR count). The Morgan fingerprint density at radius 2 is 1.91 bits per heavy atom. The van der Waals surface area contributed by atoms with Gasteiger partial charge in [0.05, 0.1) is 5.56 Å². The Hall–Kier alpha value is -2.33. The summed E-state index contributed by atoms with van der Waals surface area (Å²) in [6, 6.07) is 13.2. The minimum absolute atomic E-state index is 0.312. The third-order valence-electron chi connectivity index (χ3n) is 3.69. The Balaban J connectivity index is 1.78. The first-order valence-electron chi connectivity index (χ1n) is 7.95. The van der Waals surface area contributed by atoms with E-state index >= 15 is 0 Å². The van der Waals surface area contributed by atoms with Crippen LogP contribution in [0.3, 0.4) is 0 Å². The molecule has 3 aromatic rings. The molecule has 120 valence electrons. The molecule has 0 atom stereocenters. The lowest BCUT2D eigenvalue weighted by molar-refractivity contribution is 0.0510.